The van der Waals surface area contributed by atoms with E-state index in [1.165, 1.54) is 24.1 Å². The lowest BCUT2D eigenvalue weighted by Gasteiger charge is -2.36. The van der Waals surface area contributed by atoms with E-state index >= 15 is 0 Å². The number of nitrogens with zero attached hydrogens (tertiary/aromatic N) is 2. The Bertz CT molecular complexity index is 722. The van der Waals surface area contributed by atoms with Gasteiger partial charge in [-0.2, -0.15) is 13.2 Å². The van der Waals surface area contributed by atoms with Gasteiger partial charge in [-0.3, -0.25) is 4.90 Å². The van der Waals surface area contributed by atoms with Crippen LogP contribution in [0.25, 0.3) is 0 Å². The molecule has 3 fully saturated rings. The van der Waals surface area contributed by atoms with Crippen LogP contribution in [0.2, 0.25) is 0 Å². The highest BCUT2D eigenvalue weighted by atomic mass is 19.4. The molecule has 1 saturated heterocycles. The van der Waals surface area contributed by atoms with Crippen molar-refractivity contribution in [2.24, 2.45) is 0 Å². The maximum absolute atomic E-state index is 13.7. The van der Waals surface area contributed by atoms with Crippen molar-refractivity contribution in [2.75, 3.05) is 18.6 Å². The molecule has 1 heterocycles. The molecule has 27 heavy (non-hydrogen) atoms. The number of amides is 2. The molecule has 1 aromatic rings. The van der Waals surface area contributed by atoms with E-state index in [9.17, 15) is 18.0 Å². The average molecular weight is 382 g/mol. The number of urea groups is 1. The summed E-state index contributed by atoms with van der Waals surface area (Å²) >= 11 is 0. The molecular formula is C20H25F3N2O2. The van der Waals surface area contributed by atoms with Crippen molar-refractivity contribution >= 4 is 11.7 Å². The van der Waals surface area contributed by atoms with E-state index in [-0.39, 0.29) is 29.0 Å². The molecule has 2 amide bonds. The lowest BCUT2D eigenvalue weighted by atomic mass is 9.89. The summed E-state index contributed by atoms with van der Waals surface area (Å²) in [6, 6.07) is 3.78. The van der Waals surface area contributed by atoms with Gasteiger partial charge in [0.25, 0.3) is 0 Å². The van der Waals surface area contributed by atoms with Gasteiger partial charge in [0, 0.05) is 6.04 Å². The summed E-state index contributed by atoms with van der Waals surface area (Å²) in [4.78, 5) is 16.6. The van der Waals surface area contributed by atoms with Crippen LogP contribution in [-0.4, -0.2) is 36.2 Å². The standard InChI is InChI=1S/C20H25F3N2O2/c1-27-15-8-9-17(16(12-15)20(21,22)23)24-13-19(10-4-2-3-5-11-19)25(18(24)26)14-6-7-14/h8-9,12,14H,2-7,10-11,13H2,1H3. The summed E-state index contributed by atoms with van der Waals surface area (Å²) in [5, 5.41) is 0. The van der Waals surface area contributed by atoms with Crippen LogP contribution in [0.15, 0.2) is 18.2 Å². The summed E-state index contributed by atoms with van der Waals surface area (Å²) in [6.07, 6.45) is 3.43. The SMILES string of the molecule is COc1ccc(N2CC3(CCCCCC3)N(C3CC3)C2=O)c(C(F)(F)F)c1. The average Bonchev–Trinajstić information content (AvgIpc) is 3.44. The second-order valence-electron chi connectivity index (χ2n) is 7.99. The molecule has 4 nitrogen and oxygen atoms in total. The number of ether oxygens (including phenoxy) is 1. The molecule has 3 aliphatic rings. The van der Waals surface area contributed by atoms with Crippen LogP contribution in [0.4, 0.5) is 23.7 Å². The molecule has 4 rings (SSSR count). The number of halogens is 3. The molecule has 7 heteroatoms. The Morgan fingerprint density at radius 2 is 1.78 bits per heavy atom. The number of hydrogen-bond donors (Lipinski definition) is 0. The van der Waals surface area contributed by atoms with Gasteiger partial charge >= 0.3 is 12.2 Å². The molecule has 0 unspecified atom stereocenters. The van der Waals surface area contributed by atoms with Crippen molar-refractivity contribution < 1.29 is 22.7 Å². The third kappa shape index (κ3) is 3.25. The van der Waals surface area contributed by atoms with Crippen LogP contribution in [0.5, 0.6) is 5.75 Å². The highest BCUT2D eigenvalue weighted by Gasteiger charge is 2.55. The number of benzene rings is 1. The fourth-order valence-electron chi connectivity index (χ4n) is 4.73. The predicted octanol–water partition coefficient (Wildman–Crippen LogP) is 5.21. The molecule has 0 bridgehead atoms. The Kier molecular flexibility index (Phi) is 4.51. The van der Waals surface area contributed by atoms with Gasteiger partial charge in [0.2, 0.25) is 0 Å². The largest absolute Gasteiger partial charge is 0.497 e. The van der Waals surface area contributed by atoms with Crippen LogP contribution < -0.4 is 9.64 Å². The second kappa shape index (κ2) is 6.60. The van der Waals surface area contributed by atoms with E-state index in [1.807, 2.05) is 4.90 Å². The molecule has 0 aromatic heterocycles. The van der Waals surface area contributed by atoms with Gasteiger partial charge in [0.05, 0.1) is 30.4 Å². The Morgan fingerprint density at radius 1 is 1.11 bits per heavy atom. The third-order valence-electron chi connectivity index (χ3n) is 6.15. The highest BCUT2D eigenvalue weighted by Crippen LogP contribution is 2.48. The first-order valence-corrected chi connectivity index (χ1v) is 9.72. The van der Waals surface area contributed by atoms with Crippen LogP contribution in [0.1, 0.15) is 56.9 Å². The fraction of sp³-hybridized carbons (Fsp3) is 0.650. The minimum atomic E-state index is -4.55. The van der Waals surface area contributed by atoms with Crippen LogP contribution in [0.3, 0.4) is 0 Å². The zero-order valence-corrected chi connectivity index (χ0v) is 15.5. The smallest absolute Gasteiger partial charge is 0.418 e. The first kappa shape index (κ1) is 18.4. The van der Waals surface area contributed by atoms with E-state index in [0.717, 1.165) is 57.4 Å². The summed E-state index contributed by atoms with van der Waals surface area (Å²) in [6.45, 7) is 0.345. The van der Waals surface area contributed by atoms with Crippen molar-refractivity contribution in [2.45, 2.75) is 69.1 Å². The zero-order valence-electron chi connectivity index (χ0n) is 15.5. The maximum atomic E-state index is 13.7. The molecule has 1 aromatic carbocycles. The molecule has 148 valence electrons. The minimum absolute atomic E-state index is 0.0555. The summed E-state index contributed by atoms with van der Waals surface area (Å²) < 4.78 is 46.1. The summed E-state index contributed by atoms with van der Waals surface area (Å²) in [5.74, 6) is 0.140. The number of hydrogen-bond acceptors (Lipinski definition) is 2. The van der Waals surface area contributed by atoms with E-state index in [0.29, 0.717) is 6.54 Å². The van der Waals surface area contributed by atoms with Gasteiger partial charge in [0.15, 0.2) is 0 Å². The van der Waals surface area contributed by atoms with Crippen molar-refractivity contribution in [3.05, 3.63) is 23.8 Å². The first-order chi connectivity index (χ1) is 12.9. The Labute approximate surface area is 157 Å². The van der Waals surface area contributed by atoms with Crippen LogP contribution in [0, 0.1) is 0 Å². The molecule has 0 N–H and O–H groups in total. The second-order valence-corrected chi connectivity index (χ2v) is 7.99. The molecule has 0 radical (unpaired) electrons. The van der Waals surface area contributed by atoms with Crippen LogP contribution in [-0.2, 0) is 6.18 Å². The van der Waals surface area contributed by atoms with E-state index in [2.05, 4.69) is 0 Å². The van der Waals surface area contributed by atoms with E-state index in [1.54, 1.807) is 0 Å². The van der Waals surface area contributed by atoms with Crippen molar-refractivity contribution in [3.8, 4) is 5.75 Å². The number of anilines is 1. The Hall–Kier alpha value is -1.92. The number of carbonyl (C=O) groups excluding carboxylic acids is 1. The predicted molar refractivity (Wildman–Crippen MR) is 96.0 cm³/mol. The summed E-state index contributed by atoms with van der Waals surface area (Å²) in [7, 11) is 1.34. The fourth-order valence-corrected chi connectivity index (χ4v) is 4.73. The van der Waals surface area contributed by atoms with Gasteiger partial charge in [-0.1, -0.05) is 25.7 Å². The minimum Gasteiger partial charge on any atom is -0.497 e. The van der Waals surface area contributed by atoms with E-state index in [4.69, 9.17) is 4.74 Å². The lowest BCUT2D eigenvalue weighted by molar-refractivity contribution is -0.137. The van der Waals surface area contributed by atoms with E-state index < -0.39 is 11.7 Å². The van der Waals surface area contributed by atoms with Gasteiger partial charge < -0.3 is 9.64 Å². The monoisotopic (exact) mass is 382 g/mol. The normalized spacial score (nSPS) is 23.0. The maximum Gasteiger partial charge on any atom is 0.418 e. The molecular weight excluding hydrogens is 357 g/mol. The number of carbonyl (C=O) groups is 1. The van der Waals surface area contributed by atoms with Gasteiger partial charge in [-0.15, -0.1) is 0 Å². The highest BCUT2D eigenvalue weighted by molar-refractivity contribution is 5.96. The quantitative estimate of drug-likeness (QED) is 0.719. The topological polar surface area (TPSA) is 32.8 Å². The van der Waals surface area contributed by atoms with Gasteiger partial charge in [0.1, 0.15) is 5.75 Å². The Balaban J connectivity index is 1.75. The number of rotatable bonds is 3. The molecule has 2 aliphatic carbocycles. The number of alkyl halides is 3. The lowest BCUT2D eigenvalue weighted by Crippen LogP contribution is -2.48. The third-order valence-corrected chi connectivity index (χ3v) is 6.15. The van der Waals surface area contributed by atoms with Gasteiger partial charge in [-0.25, -0.2) is 4.79 Å². The Morgan fingerprint density at radius 3 is 2.33 bits per heavy atom. The molecule has 2 saturated carbocycles. The van der Waals surface area contributed by atoms with Crippen molar-refractivity contribution in [1.29, 1.82) is 0 Å². The van der Waals surface area contributed by atoms with Gasteiger partial charge in [-0.05, 0) is 43.9 Å². The molecule has 1 aliphatic heterocycles. The first-order valence-electron chi connectivity index (χ1n) is 9.72. The van der Waals surface area contributed by atoms with Crippen LogP contribution >= 0.6 is 0 Å². The van der Waals surface area contributed by atoms with Crippen molar-refractivity contribution in [1.82, 2.24) is 4.90 Å². The molecule has 0 atom stereocenters. The zero-order chi connectivity index (χ0) is 19.2. The number of methoxy groups -OCH3 is 1. The summed E-state index contributed by atoms with van der Waals surface area (Å²) in [5.41, 5.74) is -1.19. The molecule has 1 spiro atoms. The van der Waals surface area contributed by atoms with Crippen molar-refractivity contribution in [3.63, 3.8) is 0 Å².